The van der Waals surface area contributed by atoms with Crippen molar-refractivity contribution >= 4 is 23.2 Å². The Morgan fingerprint density at radius 2 is 2.12 bits per heavy atom. The van der Waals surface area contributed by atoms with Gasteiger partial charge in [-0.25, -0.2) is 0 Å². The molecule has 0 aromatic heterocycles. The van der Waals surface area contributed by atoms with E-state index in [2.05, 4.69) is 13.0 Å². The maximum atomic E-state index is 6.04. The van der Waals surface area contributed by atoms with Crippen molar-refractivity contribution in [2.75, 3.05) is 19.6 Å². The van der Waals surface area contributed by atoms with Crippen molar-refractivity contribution in [2.24, 2.45) is 5.92 Å². The molecule has 0 heterocycles. The van der Waals surface area contributed by atoms with Gasteiger partial charge in [0, 0.05) is 30.5 Å². The average Bonchev–Trinajstić information content (AvgIpc) is 2.27. The lowest BCUT2D eigenvalue weighted by molar-refractivity contribution is 0.176. The summed E-state index contributed by atoms with van der Waals surface area (Å²) in [5.41, 5.74) is 1.21. The molecule has 0 radical (unpaired) electrons. The second-order valence-corrected chi connectivity index (χ2v) is 4.82. The molecule has 0 bridgehead atoms. The van der Waals surface area contributed by atoms with E-state index in [0.717, 1.165) is 18.1 Å². The minimum Gasteiger partial charge on any atom is -0.385 e. The predicted molar refractivity (Wildman–Crippen MR) is 70.6 cm³/mol. The van der Waals surface area contributed by atoms with E-state index in [-0.39, 0.29) is 0 Å². The van der Waals surface area contributed by atoms with E-state index in [0.29, 0.717) is 17.7 Å². The third-order valence-corrected chi connectivity index (χ3v) is 3.47. The molecule has 3 heteroatoms. The predicted octanol–water partition coefficient (Wildman–Crippen LogP) is 4.34. The van der Waals surface area contributed by atoms with Gasteiger partial charge in [-0.05, 0) is 30.0 Å². The van der Waals surface area contributed by atoms with Gasteiger partial charge in [0.2, 0.25) is 0 Å². The Kier molecular flexibility index (Phi) is 6.18. The highest BCUT2D eigenvalue weighted by Crippen LogP contribution is 2.29. The van der Waals surface area contributed by atoms with Gasteiger partial charge < -0.3 is 4.74 Å². The Hall–Kier alpha value is -0.240. The summed E-state index contributed by atoms with van der Waals surface area (Å²) in [5, 5.41) is 0.770. The molecular formula is C13H18Cl2O. The topological polar surface area (TPSA) is 9.23 Å². The zero-order chi connectivity index (χ0) is 12.0. The maximum absolute atomic E-state index is 6.04. The molecule has 1 aromatic carbocycles. The summed E-state index contributed by atoms with van der Waals surface area (Å²) in [6.07, 6.45) is 1.01. The fourth-order valence-electron chi connectivity index (χ4n) is 1.81. The Balaban J connectivity index is 2.73. The molecule has 0 saturated heterocycles. The van der Waals surface area contributed by atoms with Gasteiger partial charge in [0.05, 0.1) is 0 Å². The minimum atomic E-state index is 0.343. The maximum Gasteiger partial charge on any atom is 0.0465 e. The average molecular weight is 261 g/mol. The van der Waals surface area contributed by atoms with Gasteiger partial charge in [0.15, 0.2) is 0 Å². The van der Waals surface area contributed by atoms with Crippen LogP contribution < -0.4 is 0 Å². The van der Waals surface area contributed by atoms with Crippen molar-refractivity contribution in [2.45, 2.75) is 19.3 Å². The first kappa shape index (κ1) is 13.8. The van der Waals surface area contributed by atoms with Crippen LogP contribution in [0.15, 0.2) is 24.3 Å². The number of rotatable bonds is 6. The van der Waals surface area contributed by atoms with Crippen LogP contribution >= 0.6 is 23.2 Å². The number of hydrogen-bond donors (Lipinski definition) is 0. The molecule has 2 atom stereocenters. The van der Waals surface area contributed by atoms with Crippen LogP contribution in [0.1, 0.15) is 24.8 Å². The minimum absolute atomic E-state index is 0.343. The molecule has 0 saturated carbocycles. The van der Waals surface area contributed by atoms with Crippen molar-refractivity contribution in [3.8, 4) is 0 Å². The van der Waals surface area contributed by atoms with Crippen molar-refractivity contribution in [3.63, 3.8) is 0 Å². The first-order valence-electron chi connectivity index (χ1n) is 5.49. The molecule has 2 unspecified atom stereocenters. The standard InChI is InChI=1S/C13H18Cl2O/c1-10(6-7-16-2)13(9-14)11-4-3-5-12(15)8-11/h3-5,8,10,13H,6-7,9H2,1-2H3. The lowest BCUT2D eigenvalue weighted by Gasteiger charge is -2.22. The van der Waals surface area contributed by atoms with Gasteiger partial charge in [-0.15, -0.1) is 11.6 Å². The summed E-state index contributed by atoms with van der Waals surface area (Å²) in [6, 6.07) is 7.94. The lowest BCUT2D eigenvalue weighted by atomic mass is 9.87. The fraction of sp³-hybridized carbons (Fsp3) is 0.538. The second kappa shape index (κ2) is 7.16. The first-order valence-corrected chi connectivity index (χ1v) is 6.40. The molecule has 90 valence electrons. The number of alkyl halides is 1. The Morgan fingerprint density at radius 1 is 1.38 bits per heavy atom. The molecule has 0 aliphatic rings. The molecule has 0 N–H and O–H groups in total. The molecule has 1 nitrogen and oxygen atoms in total. The number of methoxy groups -OCH3 is 1. The lowest BCUT2D eigenvalue weighted by Crippen LogP contribution is -2.13. The van der Waals surface area contributed by atoms with E-state index >= 15 is 0 Å². The largest absolute Gasteiger partial charge is 0.385 e. The highest BCUT2D eigenvalue weighted by atomic mass is 35.5. The smallest absolute Gasteiger partial charge is 0.0465 e. The number of hydrogen-bond acceptors (Lipinski definition) is 1. The van der Waals surface area contributed by atoms with Crippen LogP contribution in [0.4, 0.5) is 0 Å². The summed E-state index contributed by atoms with van der Waals surface area (Å²) in [5.74, 6) is 1.46. The van der Waals surface area contributed by atoms with Crippen LogP contribution in [0.25, 0.3) is 0 Å². The number of halogens is 2. The summed E-state index contributed by atoms with van der Waals surface area (Å²) in [7, 11) is 1.72. The molecule has 0 aliphatic heterocycles. The SMILES string of the molecule is COCCC(C)C(CCl)c1cccc(Cl)c1. The molecule has 0 spiro atoms. The van der Waals surface area contributed by atoms with Crippen molar-refractivity contribution in [1.29, 1.82) is 0 Å². The van der Waals surface area contributed by atoms with Crippen LogP contribution in [0.3, 0.4) is 0 Å². The Bertz CT molecular complexity index is 315. The van der Waals surface area contributed by atoms with E-state index in [4.69, 9.17) is 27.9 Å². The molecule has 1 rings (SSSR count). The first-order chi connectivity index (χ1) is 7.69. The molecule has 1 aromatic rings. The molecular weight excluding hydrogens is 243 g/mol. The Morgan fingerprint density at radius 3 is 2.69 bits per heavy atom. The second-order valence-electron chi connectivity index (χ2n) is 4.07. The quantitative estimate of drug-likeness (QED) is 0.692. The van der Waals surface area contributed by atoms with E-state index in [1.807, 2.05) is 18.2 Å². The van der Waals surface area contributed by atoms with Crippen LogP contribution in [0.2, 0.25) is 5.02 Å². The van der Waals surface area contributed by atoms with Crippen LogP contribution in [-0.4, -0.2) is 19.6 Å². The summed E-state index contributed by atoms with van der Waals surface area (Å²) in [6.45, 7) is 2.97. The molecule has 0 fully saturated rings. The molecule has 0 aliphatic carbocycles. The van der Waals surface area contributed by atoms with Gasteiger partial charge in [-0.2, -0.15) is 0 Å². The van der Waals surface area contributed by atoms with Gasteiger partial charge in [-0.3, -0.25) is 0 Å². The third-order valence-electron chi connectivity index (χ3n) is 2.91. The highest BCUT2D eigenvalue weighted by Gasteiger charge is 2.18. The monoisotopic (exact) mass is 260 g/mol. The zero-order valence-electron chi connectivity index (χ0n) is 9.75. The zero-order valence-corrected chi connectivity index (χ0v) is 11.3. The Labute approximate surface area is 108 Å². The number of benzene rings is 1. The molecule has 16 heavy (non-hydrogen) atoms. The van der Waals surface area contributed by atoms with Gasteiger partial charge in [0.25, 0.3) is 0 Å². The van der Waals surface area contributed by atoms with E-state index in [9.17, 15) is 0 Å². The van der Waals surface area contributed by atoms with E-state index in [1.165, 1.54) is 5.56 Å². The summed E-state index contributed by atoms with van der Waals surface area (Å²) in [4.78, 5) is 0. The molecule has 0 amide bonds. The fourth-order valence-corrected chi connectivity index (χ4v) is 2.49. The number of ether oxygens (including phenoxy) is 1. The van der Waals surface area contributed by atoms with Crippen molar-refractivity contribution in [3.05, 3.63) is 34.9 Å². The van der Waals surface area contributed by atoms with Gasteiger partial charge in [0.1, 0.15) is 0 Å². The summed E-state index contributed by atoms with van der Waals surface area (Å²) >= 11 is 12.0. The van der Waals surface area contributed by atoms with E-state index in [1.54, 1.807) is 7.11 Å². The third kappa shape index (κ3) is 3.97. The highest BCUT2D eigenvalue weighted by molar-refractivity contribution is 6.30. The normalized spacial score (nSPS) is 14.8. The van der Waals surface area contributed by atoms with Crippen molar-refractivity contribution in [1.82, 2.24) is 0 Å². The van der Waals surface area contributed by atoms with E-state index < -0.39 is 0 Å². The van der Waals surface area contributed by atoms with Gasteiger partial charge >= 0.3 is 0 Å². The van der Waals surface area contributed by atoms with Crippen molar-refractivity contribution < 1.29 is 4.74 Å². The summed E-state index contributed by atoms with van der Waals surface area (Å²) < 4.78 is 5.10. The van der Waals surface area contributed by atoms with Crippen LogP contribution in [0, 0.1) is 5.92 Å². The van der Waals surface area contributed by atoms with Gasteiger partial charge in [-0.1, -0.05) is 30.7 Å². The van der Waals surface area contributed by atoms with Crippen LogP contribution in [-0.2, 0) is 4.74 Å². The van der Waals surface area contributed by atoms with Crippen LogP contribution in [0.5, 0.6) is 0 Å².